The molecule has 0 spiro atoms. The van der Waals surface area contributed by atoms with E-state index in [0.29, 0.717) is 5.84 Å². The number of benzene rings is 2. The summed E-state index contributed by atoms with van der Waals surface area (Å²) in [7, 11) is 0. The van der Waals surface area contributed by atoms with Gasteiger partial charge in [0.05, 0.1) is 5.69 Å². The molecule has 0 aromatic heterocycles. The van der Waals surface area contributed by atoms with E-state index in [-0.39, 0.29) is 5.41 Å². The van der Waals surface area contributed by atoms with Crippen LogP contribution in [0.25, 0.3) is 10.8 Å². The van der Waals surface area contributed by atoms with Gasteiger partial charge in [-0.1, -0.05) is 45.0 Å². The molecule has 3 rings (SSSR count). The minimum Gasteiger partial charge on any atom is -0.383 e. The fraction of sp³-hybridized carbons (Fsp3) is 0.267. The van der Waals surface area contributed by atoms with E-state index < -0.39 is 0 Å². The number of nitrogens with zero attached hydrogens (tertiary/aromatic N) is 1. The second kappa shape index (κ2) is 3.10. The SMILES string of the molecule is CC(C)(C)c1ccc2c3c(cccc13)C(N)=N2. The van der Waals surface area contributed by atoms with E-state index in [1.54, 1.807) is 0 Å². The number of hydrogen-bond donors (Lipinski definition) is 1. The van der Waals surface area contributed by atoms with E-state index in [4.69, 9.17) is 5.73 Å². The van der Waals surface area contributed by atoms with Crippen LogP contribution in [-0.2, 0) is 5.41 Å². The van der Waals surface area contributed by atoms with Gasteiger partial charge in [-0.15, -0.1) is 0 Å². The summed E-state index contributed by atoms with van der Waals surface area (Å²) < 4.78 is 0. The standard InChI is InChI=1S/C15H16N2/c1-15(2,3)11-7-8-12-13-9(11)5-4-6-10(13)14(16)17-12/h4-8H,1-3H3,(H2,16,17). The first-order valence-corrected chi connectivity index (χ1v) is 5.89. The largest absolute Gasteiger partial charge is 0.383 e. The summed E-state index contributed by atoms with van der Waals surface area (Å²) >= 11 is 0. The molecule has 0 amide bonds. The first-order valence-electron chi connectivity index (χ1n) is 5.89. The monoisotopic (exact) mass is 224 g/mol. The van der Waals surface area contributed by atoms with Crippen molar-refractivity contribution in [2.24, 2.45) is 10.7 Å². The van der Waals surface area contributed by atoms with Gasteiger partial charge in [-0.25, -0.2) is 4.99 Å². The molecule has 17 heavy (non-hydrogen) atoms. The van der Waals surface area contributed by atoms with Crippen LogP contribution in [0, 0.1) is 0 Å². The molecule has 2 heteroatoms. The smallest absolute Gasteiger partial charge is 0.132 e. The van der Waals surface area contributed by atoms with Crippen molar-refractivity contribution in [3.63, 3.8) is 0 Å². The number of nitrogens with two attached hydrogens (primary N) is 1. The fourth-order valence-corrected chi connectivity index (χ4v) is 2.54. The van der Waals surface area contributed by atoms with E-state index in [1.165, 1.54) is 16.3 Å². The minimum absolute atomic E-state index is 0.133. The average Bonchev–Trinajstić information content (AvgIpc) is 2.57. The highest BCUT2D eigenvalue weighted by atomic mass is 14.9. The van der Waals surface area contributed by atoms with Gasteiger partial charge in [-0.3, -0.25) is 0 Å². The number of amidine groups is 1. The van der Waals surface area contributed by atoms with Crippen LogP contribution in [0.15, 0.2) is 35.3 Å². The summed E-state index contributed by atoms with van der Waals surface area (Å²) in [6.07, 6.45) is 0. The molecule has 0 radical (unpaired) electrons. The Labute approximate surface area is 101 Å². The van der Waals surface area contributed by atoms with Crippen molar-refractivity contribution in [3.05, 3.63) is 41.5 Å². The number of rotatable bonds is 0. The van der Waals surface area contributed by atoms with Gasteiger partial charge in [0.1, 0.15) is 5.84 Å². The molecule has 0 aliphatic carbocycles. The molecule has 1 heterocycles. The molecule has 0 atom stereocenters. The van der Waals surface area contributed by atoms with Crippen LogP contribution in [0.5, 0.6) is 0 Å². The lowest BCUT2D eigenvalue weighted by atomic mass is 9.83. The molecular formula is C15H16N2. The van der Waals surface area contributed by atoms with E-state index in [1.807, 2.05) is 6.07 Å². The molecule has 2 N–H and O–H groups in total. The second-order valence-corrected chi connectivity index (χ2v) is 5.61. The van der Waals surface area contributed by atoms with Gasteiger partial charge >= 0.3 is 0 Å². The van der Waals surface area contributed by atoms with E-state index in [9.17, 15) is 0 Å². The van der Waals surface area contributed by atoms with E-state index in [0.717, 1.165) is 11.3 Å². The van der Waals surface area contributed by atoms with Crippen LogP contribution in [0.1, 0.15) is 31.9 Å². The maximum absolute atomic E-state index is 5.95. The van der Waals surface area contributed by atoms with Gasteiger partial charge in [-0.2, -0.15) is 0 Å². The molecule has 1 aliphatic heterocycles. The van der Waals surface area contributed by atoms with Crippen LogP contribution in [-0.4, -0.2) is 5.84 Å². The predicted molar refractivity (Wildman–Crippen MR) is 73.0 cm³/mol. The van der Waals surface area contributed by atoms with Crippen molar-refractivity contribution in [3.8, 4) is 0 Å². The maximum atomic E-state index is 5.95. The fourth-order valence-electron chi connectivity index (χ4n) is 2.54. The lowest BCUT2D eigenvalue weighted by molar-refractivity contribution is 0.596. The molecule has 0 saturated heterocycles. The molecular weight excluding hydrogens is 208 g/mol. The predicted octanol–water partition coefficient (Wildman–Crippen LogP) is 3.49. The van der Waals surface area contributed by atoms with Gasteiger partial charge in [0, 0.05) is 10.9 Å². The first-order chi connectivity index (χ1) is 7.98. The normalized spacial score (nSPS) is 14.2. The van der Waals surface area contributed by atoms with Crippen molar-refractivity contribution in [1.82, 2.24) is 0 Å². The topological polar surface area (TPSA) is 38.4 Å². The summed E-state index contributed by atoms with van der Waals surface area (Å²) in [5.41, 5.74) is 9.51. The molecule has 0 unspecified atom stereocenters. The summed E-state index contributed by atoms with van der Waals surface area (Å²) in [5.74, 6) is 0.636. The number of aliphatic imine (C=N–C) groups is 1. The van der Waals surface area contributed by atoms with Gasteiger partial charge in [-0.05, 0) is 22.4 Å². The average molecular weight is 224 g/mol. The third kappa shape index (κ3) is 1.37. The highest BCUT2D eigenvalue weighted by Crippen LogP contribution is 2.39. The Hall–Kier alpha value is -1.83. The zero-order valence-electron chi connectivity index (χ0n) is 10.4. The molecule has 0 saturated carbocycles. The third-order valence-electron chi connectivity index (χ3n) is 3.34. The van der Waals surface area contributed by atoms with Crippen LogP contribution in [0.4, 0.5) is 5.69 Å². The Balaban J connectivity index is 2.45. The van der Waals surface area contributed by atoms with Gasteiger partial charge in [0.25, 0.3) is 0 Å². The van der Waals surface area contributed by atoms with Gasteiger partial charge in [0.15, 0.2) is 0 Å². The van der Waals surface area contributed by atoms with Crippen molar-refractivity contribution in [1.29, 1.82) is 0 Å². The molecule has 2 aromatic rings. The van der Waals surface area contributed by atoms with E-state index >= 15 is 0 Å². The Morgan fingerprint density at radius 2 is 1.82 bits per heavy atom. The minimum atomic E-state index is 0.133. The maximum Gasteiger partial charge on any atom is 0.132 e. The van der Waals surface area contributed by atoms with Crippen molar-refractivity contribution in [2.75, 3.05) is 0 Å². The zero-order valence-corrected chi connectivity index (χ0v) is 10.4. The Kier molecular flexibility index (Phi) is 1.88. The number of hydrogen-bond acceptors (Lipinski definition) is 2. The van der Waals surface area contributed by atoms with Crippen molar-refractivity contribution in [2.45, 2.75) is 26.2 Å². The lowest BCUT2D eigenvalue weighted by Gasteiger charge is -2.21. The van der Waals surface area contributed by atoms with Crippen molar-refractivity contribution < 1.29 is 0 Å². The zero-order chi connectivity index (χ0) is 12.2. The Morgan fingerprint density at radius 3 is 2.53 bits per heavy atom. The van der Waals surface area contributed by atoms with Gasteiger partial charge in [0.2, 0.25) is 0 Å². The quantitative estimate of drug-likeness (QED) is 0.731. The summed E-state index contributed by atoms with van der Waals surface area (Å²) in [4.78, 5) is 4.41. The summed E-state index contributed by atoms with van der Waals surface area (Å²) in [6.45, 7) is 6.70. The lowest BCUT2D eigenvalue weighted by Crippen LogP contribution is -2.12. The van der Waals surface area contributed by atoms with Gasteiger partial charge < -0.3 is 5.73 Å². The molecule has 2 nitrogen and oxygen atoms in total. The Morgan fingerprint density at radius 1 is 1.06 bits per heavy atom. The van der Waals surface area contributed by atoms with E-state index in [2.05, 4.69) is 50.0 Å². The van der Waals surface area contributed by atoms with Crippen LogP contribution < -0.4 is 5.73 Å². The third-order valence-corrected chi connectivity index (χ3v) is 3.34. The second-order valence-electron chi connectivity index (χ2n) is 5.61. The Bertz CT molecular complexity index is 646. The first kappa shape index (κ1) is 10.3. The molecule has 86 valence electrons. The van der Waals surface area contributed by atoms with Crippen molar-refractivity contribution >= 4 is 22.3 Å². The van der Waals surface area contributed by atoms with Crippen LogP contribution in [0.3, 0.4) is 0 Å². The molecule has 0 bridgehead atoms. The highest BCUT2D eigenvalue weighted by molar-refractivity contribution is 6.19. The summed E-state index contributed by atoms with van der Waals surface area (Å²) in [6, 6.07) is 10.5. The van der Waals surface area contributed by atoms with Crippen LogP contribution in [0.2, 0.25) is 0 Å². The highest BCUT2D eigenvalue weighted by Gasteiger charge is 2.22. The molecule has 0 fully saturated rings. The molecule has 2 aromatic carbocycles. The summed E-state index contributed by atoms with van der Waals surface area (Å²) in [5, 5.41) is 2.48. The van der Waals surface area contributed by atoms with Crippen LogP contribution >= 0.6 is 0 Å². The molecule has 1 aliphatic rings.